The van der Waals surface area contributed by atoms with Crippen molar-refractivity contribution in [1.82, 2.24) is 9.80 Å². The Morgan fingerprint density at radius 1 is 1.12 bits per heavy atom. The summed E-state index contributed by atoms with van der Waals surface area (Å²) in [5.41, 5.74) is 2.60. The van der Waals surface area contributed by atoms with Gasteiger partial charge in [-0.05, 0) is 42.7 Å². The lowest BCUT2D eigenvalue weighted by Crippen LogP contribution is -2.36. The van der Waals surface area contributed by atoms with Crippen LogP contribution in [-0.2, 0) is 16.0 Å². The van der Waals surface area contributed by atoms with E-state index in [4.69, 9.17) is 13.9 Å². The van der Waals surface area contributed by atoms with Crippen LogP contribution in [0.15, 0.2) is 59.2 Å². The van der Waals surface area contributed by atoms with Gasteiger partial charge in [0, 0.05) is 37.4 Å². The number of ether oxygens (including phenoxy) is 2. The molecule has 178 valence electrons. The van der Waals surface area contributed by atoms with Crippen molar-refractivity contribution in [2.75, 3.05) is 46.0 Å². The predicted molar refractivity (Wildman–Crippen MR) is 128 cm³/mol. The number of benzene rings is 2. The molecule has 0 aliphatic carbocycles. The third kappa shape index (κ3) is 5.09. The van der Waals surface area contributed by atoms with Gasteiger partial charge in [0.1, 0.15) is 17.9 Å². The molecule has 7 heteroatoms. The number of hydrogen-bond acceptors (Lipinski definition) is 5. The standard InChI is InChI=1S/C27H30N2O5/c30-26-6-3-10-28(26)12-15-34-24-5-2-1-4-23(24)27(31)29-11-14-32-19-21(18-29)16-20-7-8-22-9-13-33-25(22)17-20/h1-2,4-5,7-9,13,17,21H,3,6,10-12,14-16,18-19H2/t21-/m1/s1. The van der Waals surface area contributed by atoms with E-state index in [1.807, 2.05) is 40.1 Å². The molecular weight excluding hydrogens is 432 g/mol. The highest BCUT2D eigenvalue weighted by Crippen LogP contribution is 2.24. The van der Waals surface area contributed by atoms with E-state index >= 15 is 0 Å². The van der Waals surface area contributed by atoms with Gasteiger partial charge in [-0.3, -0.25) is 9.59 Å². The number of nitrogens with zero attached hydrogens (tertiary/aromatic N) is 2. The summed E-state index contributed by atoms with van der Waals surface area (Å²) in [7, 11) is 0. The van der Waals surface area contributed by atoms with Crippen LogP contribution in [0.5, 0.6) is 5.75 Å². The monoisotopic (exact) mass is 462 g/mol. The largest absolute Gasteiger partial charge is 0.491 e. The van der Waals surface area contributed by atoms with Crippen molar-refractivity contribution in [3.05, 3.63) is 65.9 Å². The number of carbonyl (C=O) groups excluding carboxylic acids is 2. The van der Waals surface area contributed by atoms with Crippen LogP contribution in [0.4, 0.5) is 0 Å². The van der Waals surface area contributed by atoms with Crippen LogP contribution in [0.2, 0.25) is 0 Å². The first kappa shape index (κ1) is 22.5. The Balaban J connectivity index is 1.24. The molecule has 0 radical (unpaired) electrons. The number of carbonyl (C=O) groups is 2. The summed E-state index contributed by atoms with van der Waals surface area (Å²) in [6.07, 6.45) is 4.03. The smallest absolute Gasteiger partial charge is 0.257 e. The van der Waals surface area contributed by atoms with Crippen LogP contribution >= 0.6 is 0 Å². The second-order valence-corrected chi connectivity index (χ2v) is 9.02. The van der Waals surface area contributed by atoms with E-state index in [-0.39, 0.29) is 17.7 Å². The highest BCUT2D eigenvalue weighted by molar-refractivity contribution is 5.97. The van der Waals surface area contributed by atoms with E-state index < -0.39 is 0 Å². The first-order valence-corrected chi connectivity index (χ1v) is 12.0. The summed E-state index contributed by atoms with van der Waals surface area (Å²) in [6.45, 7) is 3.99. The Bertz CT molecular complexity index is 1160. The van der Waals surface area contributed by atoms with E-state index in [0.29, 0.717) is 57.2 Å². The van der Waals surface area contributed by atoms with Crippen molar-refractivity contribution >= 4 is 22.8 Å². The molecule has 2 aliphatic heterocycles. The summed E-state index contributed by atoms with van der Waals surface area (Å²) >= 11 is 0. The van der Waals surface area contributed by atoms with Crippen LogP contribution in [0.3, 0.4) is 0 Å². The lowest BCUT2D eigenvalue weighted by molar-refractivity contribution is -0.128. The zero-order valence-electron chi connectivity index (χ0n) is 19.3. The second kappa shape index (κ2) is 10.3. The highest BCUT2D eigenvalue weighted by Gasteiger charge is 2.26. The fourth-order valence-corrected chi connectivity index (χ4v) is 4.79. The zero-order valence-corrected chi connectivity index (χ0v) is 19.3. The van der Waals surface area contributed by atoms with E-state index in [9.17, 15) is 9.59 Å². The molecule has 2 amide bonds. The maximum atomic E-state index is 13.5. The average molecular weight is 463 g/mol. The third-order valence-electron chi connectivity index (χ3n) is 6.58. The minimum atomic E-state index is -0.0511. The molecule has 2 saturated heterocycles. The zero-order chi connectivity index (χ0) is 23.3. The fourth-order valence-electron chi connectivity index (χ4n) is 4.79. The molecule has 0 saturated carbocycles. The first-order chi connectivity index (χ1) is 16.7. The number of amides is 2. The lowest BCUT2D eigenvalue weighted by Gasteiger charge is -2.25. The van der Waals surface area contributed by atoms with Crippen LogP contribution in [0.1, 0.15) is 28.8 Å². The molecule has 2 aromatic carbocycles. The summed E-state index contributed by atoms with van der Waals surface area (Å²) < 4.78 is 17.3. The number of furan rings is 1. The molecule has 0 N–H and O–H groups in total. The molecule has 34 heavy (non-hydrogen) atoms. The van der Waals surface area contributed by atoms with Gasteiger partial charge in [-0.1, -0.05) is 24.3 Å². The normalized spacial score (nSPS) is 18.9. The quantitative estimate of drug-likeness (QED) is 0.535. The number of likely N-dealkylation sites (tertiary alicyclic amines) is 1. The molecule has 0 spiro atoms. The summed E-state index contributed by atoms with van der Waals surface area (Å²) in [5.74, 6) is 0.872. The molecule has 1 aromatic heterocycles. The average Bonchev–Trinajstić information content (AvgIpc) is 3.42. The van der Waals surface area contributed by atoms with Gasteiger partial charge in [-0.25, -0.2) is 0 Å². The Hall–Kier alpha value is -3.32. The minimum absolute atomic E-state index is 0.0511. The molecule has 0 bridgehead atoms. The number of para-hydroxylation sites is 1. The van der Waals surface area contributed by atoms with Crippen LogP contribution in [0.25, 0.3) is 11.0 Å². The Labute approximate surface area is 199 Å². The van der Waals surface area contributed by atoms with Crippen molar-refractivity contribution in [2.45, 2.75) is 19.3 Å². The molecule has 2 fully saturated rings. The van der Waals surface area contributed by atoms with E-state index in [0.717, 1.165) is 30.4 Å². The summed E-state index contributed by atoms with van der Waals surface area (Å²) in [6, 6.07) is 15.6. The van der Waals surface area contributed by atoms with Gasteiger partial charge in [0.2, 0.25) is 5.91 Å². The van der Waals surface area contributed by atoms with Gasteiger partial charge in [0.25, 0.3) is 5.91 Å². The van der Waals surface area contributed by atoms with Crippen LogP contribution in [-0.4, -0.2) is 67.6 Å². The molecule has 3 heterocycles. The van der Waals surface area contributed by atoms with Crippen molar-refractivity contribution < 1.29 is 23.5 Å². The minimum Gasteiger partial charge on any atom is -0.491 e. The molecule has 7 nitrogen and oxygen atoms in total. The number of fused-ring (bicyclic) bond motifs is 1. The topological polar surface area (TPSA) is 72.2 Å². The first-order valence-electron chi connectivity index (χ1n) is 12.0. The van der Waals surface area contributed by atoms with Gasteiger partial charge in [0.05, 0.1) is 31.6 Å². The number of rotatable bonds is 7. The Morgan fingerprint density at radius 2 is 2.03 bits per heavy atom. The highest BCUT2D eigenvalue weighted by atomic mass is 16.5. The van der Waals surface area contributed by atoms with Crippen molar-refractivity contribution in [3.63, 3.8) is 0 Å². The van der Waals surface area contributed by atoms with Crippen molar-refractivity contribution in [2.24, 2.45) is 5.92 Å². The maximum Gasteiger partial charge on any atom is 0.257 e. The van der Waals surface area contributed by atoms with Gasteiger partial charge in [-0.15, -0.1) is 0 Å². The predicted octanol–water partition coefficient (Wildman–Crippen LogP) is 3.77. The van der Waals surface area contributed by atoms with E-state index in [2.05, 4.69) is 18.2 Å². The molecule has 5 rings (SSSR count). The van der Waals surface area contributed by atoms with Crippen molar-refractivity contribution in [1.29, 1.82) is 0 Å². The van der Waals surface area contributed by atoms with E-state index in [1.165, 1.54) is 5.56 Å². The van der Waals surface area contributed by atoms with Gasteiger partial charge in [0.15, 0.2) is 0 Å². The molecule has 2 aliphatic rings. The summed E-state index contributed by atoms with van der Waals surface area (Å²) in [5, 5.41) is 1.09. The van der Waals surface area contributed by atoms with Crippen molar-refractivity contribution in [3.8, 4) is 5.75 Å². The second-order valence-electron chi connectivity index (χ2n) is 9.02. The molecule has 1 atom stereocenters. The fraction of sp³-hybridized carbons (Fsp3) is 0.407. The van der Waals surface area contributed by atoms with E-state index in [1.54, 1.807) is 6.26 Å². The molecule has 0 unspecified atom stereocenters. The van der Waals surface area contributed by atoms with Gasteiger partial charge in [-0.2, -0.15) is 0 Å². The third-order valence-corrected chi connectivity index (χ3v) is 6.58. The Morgan fingerprint density at radius 3 is 2.91 bits per heavy atom. The van der Waals surface area contributed by atoms with Crippen LogP contribution in [0, 0.1) is 5.92 Å². The van der Waals surface area contributed by atoms with Gasteiger partial charge < -0.3 is 23.7 Å². The maximum absolute atomic E-state index is 13.5. The summed E-state index contributed by atoms with van der Waals surface area (Å²) in [4.78, 5) is 29.0. The Kier molecular flexibility index (Phi) is 6.81. The molecule has 3 aromatic rings. The lowest BCUT2D eigenvalue weighted by atomic mass is 9.98. The van der Waals surface area contributed by atoms with Crippen LogP contribution < -0.4 is 4.74 Å². The number of hydrogen-bond donors (Lipinski definition) is 0. The SMILES string of the molecule is O=C1CCCN1CCOc1ccccc1C(=O)N1CCOC[C@H](Cc2ccc3ccoc3c2)C1. The van der Waals surface area contributed by atoms with Gasteiger partial charge >= 0.3 is 0 Å². The molecular formula is C27H30N2O5.